The van der Waals surface area contributed by atoms with Crippen LogP contribution < -0.4 is 0 Å². The zero-order valence-corrected chi connectivity index (χ0v) is 16.2. The van der Waals surface area contributed by atoms with Crippen LogP contribution in [0, 0.1) is 25.2 Å². The third kappa shape index (κ3) is 3.26. The second-order valence-corrected chi connectivity index (χ2v) is 8.72. The van der Waals surface area contributed by atoms with Crippen molar-refractivity contribution in [3.63, 3.8) is 0 Å². The second kappa shape index (κ2) is 7.01. The van der Waals surface area contributed by atoms with E-state index in [1.807, 2.05) is 7.11 Å². The van der Waals surface area contributed by atoms with Gasteiger partial charge >= 0.3 is 0 Å². The summed E-state index contributed by atoms with van der Waals surface area (Å²) in [6.45, 7) is 11.2. The van der Waals surface area contributed by atoms with Crippen LogP contribution in [-0.2, 0) is 11.3 Å². The third-order valence-corrected chi connectivity index (χ3v) is 7.31. The van der Waals surface area contributed by atoms with Crippen LogP contribution in [0.3, 0.4) is 0 Å². The largest absolute Gasteiger partial charge is 0.384 e. The summed E-state index contributed by atoms with van der Waals surface area (Å²) in [5.41, 5.74) is 4.27. The van der Waals surface area contributed by atoms with Crippen LogP contribution in [0.1, 0.15) is 49.1 Å². The summed E-state index contributed by atoms with van der Waals surface area (Å²) in [6, 6.07) is 0.869. The van der Waals surface area contributed by atoms with E-state index in [0.29, 0.717) is 5.41 Å². The molecule has 1 aliphatic carbocycles. The number of aromatic amines is 1. The smallest absolute Gasteiger partial charge is 0.0639 e. The van der Waals surface area contributed by atoms with Crippen molar-refractivity contribution in [2.75, 3.05) is 39.9 Å². The molecular formula is C20H34N4O. The Morgan fingerprint density at radius 1 is 1.24 bits per heavy atom. The maximum Gasteiger partial charge on any atom is 0.0639 e. The molecule has 3 fully saturated rings. The van der Waals surface area contributed by atoms with E-state index in [9.17, 15) is 0 Å². The zero-order chi connectivity index (χ0) is 17.4. The molecule has 0 bridgehead atoms. The van der Waals surface area contributed by atoms with Gasteiger partial charge in [0.15, 0.2) is 0 Å². The third-order valence-electron chi connectivity index (χ3n) is 7.31. The highest BCUT2D eigenvalue weighted by Gasteiger charge is 2.49. The van der Waals surface area contributed by atoms with E-state index in [1.165, 1.54) is 69.5 Å². The summed E-state index contributed by atoms with van der Waals surface area (Å²) in [7, 11) is 1.87. The molecule has 3 heterocycles. The molecular weight excluding hydrogens is 312 g/mol. The number of methoxy groups -OCH3 is 1. The SMILES string of the molecule is COCC1CN(C2CCC2)CC12CCN(Cc1c(C)n[nH]c1C)CC2. The highest BCUT2D eigenvalue weighted by molar-refractivity contribution is 5.23. The lowest BCUT2D eigenvalue weighted by atomic mass is 9.71. The molecule has 5 heteroatoms. The summed E-state index contributed by atoms with van der Waals surface area (Å²) < 4.78 is 5.62. The molecule has 0 radical (unpaired) electrons. The molecule has 1 aromatic rings. The highest BCUT2D eigenvalue weighted by atomic mass is 16.5. The maximum absolute atomic E-state index is 5.62. The van der Waals surface area contributed by atoms with Gasteiger partial charge < -0.3 is 4.74 Å². The molecule has 0 aromatic carbocycles. The number of piperidine rings is 1. The van der Waals surface area contributed by atoms with Crippen molar-refractivity contribution in [2.24, 2.45) is 11.3 Å². The minimum absolute atomic E-state index is 0.489. The molecule has 1 aromatic heterocycles. The van der Waals surface area contributed by atoms with Gasteiger partial charge in [-0.3, -0.25) is 14.9 Å². The molecule has 25 heavy (non-hydrogen) atoms. The quantitative estimate of drug-likeness (QED) is 0.890. The summed E-state index contributed by atoms with van der Waals surface area (Å²) >= 11 is 0. The molecule has 2 saturated heterocycles. The first-order chi connectivity index (χ1) is 12.1. The van der Waals surface area contributed by atoms with Crippen LogP contribution in [0.4, 0.5) is 0 Å². The first-order valence-electron chi connectivity index (χ1n) is 10.1. The fraction of sp³-hybridized carbons (Fsp3) is 0.850. The molecule has 1 saturated carbocycles. The predicted molar refractivity (Wildman–Crippen MR) is 99.6 cm³/mol. The molecule has 1 spiro atoms. The average molecular weight is 347 g/mol. The standard InChI is InChI=1S/C20H34N4O/c1-15-19(16(2)22-21-15)12-23-9-7-20(8-10-23)14-24(18-5-4-6-18)11-17(20)13-25-3/h17-18H,4-14H2,1-3H3,(H,21,22). The fourth-order valence-electron chi connectivity index (χ4n) is 5.29. The number of ether oxygens (including phenoxy) is 1. The second-order valence-electron chi connectivity index (χ2n) is 8.72. The summed E-state index contributed by atoms with van der Waals surface area (Å²) in [6.07, 6.45) is 6.91. The Labute approximate surface area is 152 Å². The number of H-pyrrole nitrogens is 1. The van der Waals surface area contributed by atoms with Gasteiger partial charge in [0.2, 0.25) is 0 Å². The Hall–Kier alpha value is -0.910. The number of nitrogens with one attached hydrogen (secondary N) is 1. The molecule has 3 aliphatic rings. The van der Waals surface area contributed by atoms with Crippen molar-refractivity contribution in [1.82, 2.24) is 20.0 Å². The Morgan fingerprint density at radius 3 is 2.56 bits per heavy atom. The van der Waals surface area contributed by atoms with Gasteiger partial charge in [-0.25, -0.2) is 0 Å². The number of nitrogens with zero attached hydrogens (tertiary/aromatic N) is 3. The van der Waals surface area contributed by atoms with Crippen LogP contribution in [0.25, 0.3) is 0 Å². The summed E-state index contributed by atoms with van der Waals surface area (Å²) in [5, 5.41) is 7.49. The van der Waals surface area contributed by atoms with Gasteiger partial charge in [0, 0.05) is 50.0 Å². The normalized spacial score (nSPS) is 27.9. The summed E-state index contributed by atoms with van der Waals surface area (Å²) in [5.74, 6) is 0.720. The van der Waals surface area contributed by atoms with Crippen molar-refractivity contribution >= 4 is 0 Å². The van der Waals surface area contributed by atoms with Gasteiger partial charge in [-0.1, -0.05) is 6.42 Å². The minimum atomic E-state index is 0.489. The van der Waals surface area contributed by atoms with E-state index < -0.39 is 0 Å². The van der Waals surface area contributed by atoms with Crippen LogP contribution in [-0.4, -0.2) is 65.9 Å². The van der Waals surface area contributed by atoms with E-state index >= 15 is 0 Å². The van der Waals surface area contributed by atoms with Crippen molar-refractivity contribution in [3.05, 3.63) is 17.0 Å². The van der Waals surface area contributed by atoms with Gasteiger partial charge in [0.25, 0.3) is 0 Å². The monoisotopic (exact) mass is 346 g/mol. The molecule has 4 rings (SSSR count). The number of likely N-dealkylation sites (tertiary alicyclic amines) is 2. The predicted octanol–water partition coefficient (Wildman–Crippen LogP) is 2.74. The lowest BCUT2D eigenvalue weighted by molar-refractivity contribution is 0.0335. The van der Waals surface area contributed by atoms with E-state index in [1.54, 1.807) is 0 Å². The van der Waals surface area contributed by atoms with Crippen molar-refractivity contribution in [1.29, 1.82) is 0 Å². The van der Waals surface area contributed by atoms with Gasteiger partial charge in [-0.2, -0.15) is 5.10 Å². The number of hydrogen-bond acceptors (Lipinski definition) is 4. The molecule has 140 valence electrons. The number of aromatic nitrogens is 2. The molecule has 0 amide bonds. The maximum atomic E-state index is 5.62. The van der Waals surface area contributed by atoms with Gasteiger partial charge in [-0.15, -0.1) is 0 Å². The van der Waals surface area contributed by atoms with E-state index in [0.717, 1.165) is 30.8 Å². The topological polar surface area (TPSA) is 44.4 Å². The first kappa shape index (κ1) is 17.5. The van der Waals surface area contributed by atoms with Crippen LogP contribution in [0.2, 0.25) is 0 Å². The lowest BCUT2D eigenvalue weighted by Crippen LogP contribution is -2.45. The number of hydrogen-bond donors (Lipinski definition) is 1. The molecule has 5 nitrogen and oxygen atoms in total. The molecule has 1 atom stereocenters. The Kier molecular flexibility index (Phi) is 4.91. The minimum Gasteiger partial charge on any atom is -0.384 e. The van der Waals surface area contributed by atoms with E-state index in [-0.39, 0.29) is 0 Å². The Balaban J connectivity index is 1.40. The average Bonchev–Trinajstić information content (AvgIpc) is 3.04. The fourth-order valence-corrected chi connectivity index (χ4v) is 5.29. The first-order valence-corrected chi connectivity index (χ1v) is 10.1. The van der Waals surface area contributed by atoms with Crippen LogP contribution in [0.5, 0.6) is 0 Å². The Morgan fingerprint density at radius 2 is 2.00 bits per heavy atom. The van der Waals surface area contributed by atoms with Crippen molar-refractivity contribution in [2.45, 2.75) is 58.5 Å². The lowest BCUT2D eigenvalue weighted by Gasteiger charge is -2.43. The van der Waals surface area contributed by atoms with Gasteiger partial charge in [-0.05, 0) is 58.0 Å². The molecule has 2 aliphatic heterocycles. The van der Waals surface area contributed by atoms with Crippen LogP contribution in [0.15, 0.2) is 0 Å². The van der Waals surface area contributed by atoms with Gasteiger partial charge in [0.05, 0.1) is 12.3 Å². The van der Waals surface area contributed by atoms with E-state index in [4.69, 9.17) is 4.74 Å². The molecule has 1 unspecified atom stereocenters. The summed E-state index contributed by atoms with van der Waals surface area (Å²) in [4.78, 5) is 5.43. The van der Waals surface area contributed by atoms with Crippen molar-refractivity contribution in [3.8, 4) is 0 Å². The highest BCUT2D eigenvalue weighted by Crippen LogP contribution is 2.47. The van der Waals surface area contributed by atoms with Crippen molar-refractivity contribution < 1.29 is 4.74 Å². The number of rotatable bonds is 5. The van der Waals surface area contributed by atoms with E-state index in [2.05, 4.69) is 33.8 Å². The van der Waals surface area contributed by atoms with Gasteiger partial charge in [0.1, 0.15) is 0 Å². The number of aryl methyl sites for hydroxylation is 2. The Bertz CT molecular complexity index is 567. The molecule has 1 N–H and O–H groups in total. The zero-order valence-electron chi connectivity index (χ0n) is 16.2. The van der Waals surface area contributed by atoms with Crippen LogP contribution >= 0.6 is 0 Å².